The van der Waals surface area contributed by atoms with Crippen LogP contribution in [0.1, 0.15) is 56.8 Å². The molecular weight excluding hydrogens is 652 g/mol. The van der Waals surface area contributed by atoms with Crippen LogP contribution < -0.4 is 14.5 Å². The van der Waals surface area contributed by atoms with Crippen LogP contribution in [0.2, 0.25) is 0 Å². The first-order valence-electron chi connectivity index (χ1n) is 17.0. The van der Waals surface area contributed by atoms with Gasteiger partial charge in [-0.3, -0.25) is 0 Å². The number of halogens is 2. The standard InChI is InChI=1S/C36H37F2N5O7/c1-21-36(19-46-20-36)48-14-12-42(21)26-15-22(7-6-9-23-8-4-5-13-47-23)17-39-34(26)49-24-16-27(35(44)45)43(18-24)33-30-29(40-32(41-33)31(37)38)25-10-2-3-11-28(25)50-30/h2-3,10-11,15,17,21,23-24,27,31H,4-5,8-9,12-14,16,18-20H2,1H3,(H,44,45)/t21-,23+,24-,27-/m0/s1. The van der Waals surface area contributed by atoms with Crippen molar-refractivity contribution in [1.29, 1.82) is 0 Å². The Kier molecular flexibility index (Phi) is 8.66. The second kappa shape index (κ2) is 13.3. The molecule has 4 aromatic rings. The minimum Gasteiger partial charge on any atom is -0.480 e. The minimum atomic E-state index is -2.98. The number of alkyl halides is 2. The second-order valence-corrected chi connectivity index (χ2v) is 13.3. The molecule has 3 aromatic heterocycles. The van der Waals surface area contributed by atoms with Gasteiger partial charge in [-0.15, -0.1) is 0 Å². The van der Waals surface area contributed by atoms with Gasteiger partial charge in [-0.25, -0.2) is 28.5 Å². The van der Waals surface area contributed by atoms with E-state index in [0.717, 1.165) is 25.9 Å². The molecule has 4 aliphatic rings. The highest BCUT2D eigenvalue weighted by Crippen LogP contribution is 2.41. The van der Waals surface area contributed by atoms with Crippen LogP contribution in [0.5, 0.6) is 5.88 Å². The average molecular weight is 690 g/mol. The molecule has 12 nitrogen and oxygen atoms in total. The molecule has 0 amide bonds. The second-order valence-electron chi connectivity index (χ2n) is 13.3. The average Bonchev–Trinajstić information content (AvgIpc) is 3.70. The Morgan fingerprint density at radius 2 is 2.04 bits per heavy atom. The number of furan rings is 1. The summed E-state index contributed by atoms with van der Waals surface area (Å²) in [7, 11) is 0. The smallest absolute Gasteiger partial charge is 0.326 e. The van der Waals surface area contributed by atoms with Crippen molar-refractivity contribution in [3.8, 4) is 17.7 Å². The molecule has 8 rings (SSSR count). The first-order chi connectivity index (χ1) is 24.3. The number of carboxylic acid groups (broad SMARTS) is 1. The zero-order valence-electron chi connectivity index (χ0n) is 27.5. The van der Waals surface area contributed by atoms with E-state index < -0.39 is 36.0 Å². The van der Waals surface area contributed by atoms with Crippen molar-refractivity contribution in [2.45, 2.75) is 75.3 Å². The fourth-order valence-corrected chi connectivity index (χ4v) is 7.34. The zero-order chi connectivity index (χ0) is 34.4. The van der Waals surface area contributed by atoms with Crippen molar-refractivity contribution < 1.29 is 42.0 Å². The monoisotopic (exact) mass is 689 g/mol. The number of fused-ring (bicyclic) bond motifs is 3. The molecule has 0 bridgehead atoms. The van der Waals surface area contributed by atoms with Crippen molar-refractivity contribution in [3.63, 3.8) is 0 Å². The van der Waals surface area contributed by atoms with Crippen LogP contribution in [-0.4, -0.2) is 95.4 Å². The van der Waals surface area contributed by atoms with E-state index in [2.05, 4.69) is 33.6 Å². The fourth-order valence-electron chi connectivity index (χ4n) is 7.34. The van der Waals surface area contributed by atoms with Crippen molar-refractivity contribution in [3.05, 3.63) is 47.9 Å². The van der Waals surface area contributed by atoms with Crippen molar-refractivity contribution in [2.75, 3.05) is 49.3 Å². The van der Waals surface area contributed by atoms with Gasteiger partial charge < -0.3 is 38.3 Å². The number of rotatable bonds is 7. The molecule has 14 heteroatoms. The van der Waals surface area contributed by atoms with Crippen LogP contribution in [0.3, 0.4) is 0 Å². The molecule has 262 valence electrons. The molecule has 0 radical (unpaired) electrons. The summed E-state index contributed by atoms with van der Waals surface area (Å²) in [5, 5.41) is 10.9. The number of nitrogens with zero attached hydrogens (tertiary/aromatic N) is 5. The third kappa shape index (κ3) is 5.97. The van der Waals surface area contributed by atoms with Crippen LogP contribution in [-0.2, 0) is 19.0 Å². The lowest BCUT2D eigenvalue weighted by Gasteiger charge is -2.53. The van der Waals surface area contributed by atoms with Gasteiger partial charge in [0.25, 0.3) is 6.43 Å². The SMILES string of the molecule is C[C@@H]1N(c2cc(C#CC[C@H]3CCCCO3)cnc2O[C@H]2C[C@@H](C(=O)O)N(c3nc(C(F)F)nc4c3oc3ccccc34)C2)CCOC12COC2. The number of hydrogen-bond acceptors (Lipinski definition) is 11. The van der Waals surface area contributed by atoms with E-state index in [1.165, 1.54) is 4.90 Å². The lowest BCUT2D eigenvalue weighted by Crippen LogP contribution is -2.68. The van der Waals surface area contributed by atoms with Crippen LogP contribution in [0.4, 0.5) is 20.3 Å². The van der Waals surface area contributed by atoms with E-state index in [-0.39, 0.29) is 42.0 Å². The molecule has 4 fully saturated rings. The third-order valence-corrected chi connectivity index (χ3v) is 10.1. The highest BCUT2D eigenvalue weighted by molar-refractivity contribution is 6.06. The Labute approximate surface area is 286 Å². The molecule has 0 unspecified atom stereocenters. The van der Waals surface area contributed by atoms with E-state index in [0.29, 0.717) is 60.9 Å². The van der Waals surface area contributed by atoms with Gasteiger partial charge in [0.1, 0.15) is 34.5 Å². The Morgan fingerprint density at radius 3 is 2.80 bits per heavy atom. The molecule has 4 atom stereocenters. The lowest BCUT2D eigenvalue weighted by molar-refractivity contribution is -0.228. The number of carboxylic acids is 1. The first-order valence-corrected chi connectivity index (χ1v) is 17.0. The summed E-state index contributed by atoms with van der Waals surface area (Å²) in [5.74, 6) is 4.94. The number of morpholine rings is 1. The maximum absolute atomic E-state index is 14.1. The van der Waals surface area contributed by atoms with Crippen LogP contribution in [0.25, 0.3) is 22.1 Å². The van der Waals surface area contributed by atoms with Crippen LogP contribution in [0, 0.1) is 11.8 Å². The summed E-state index contributed by atoms with van der Waals surface area (Å²) in [6, 6.07) is 7.67. The first kappa shape index (κ1) is 32.6. The maximum Gasteiger partial charge on any atom is 0.326 e. The van der Waals surface area contributed by atoms with Gasteiger partial charge in [0.05, 0.1) is 38.5 Å². The largest absolute Gasteiger partial charge is 0.480 e. The topological polar surface area (TPSA) is 133 Å². The van der Waals surface area contributed by atoms with Crippen LogP contribution in [0.15, 0.2) is 40.9 Å². The lowest BCUT2D eigenvalue weighted by atomic mass is 9.90. The molecule has 0 aliphatic carbocycles. The van der Waals surface area contributed by atoms with E-state index in [1.54, 1.807) is 30.5 Å². The molecular formula is C36H37F2N5O7. The summed E-state index contributed by atoms with van der Waals surface area (Å²) in [6.07, 6.45) is 2.02. The van der Waals surface area contributed by atoms with Gasteiger partial charge in [0.15, 0.2) is 17.2 Å². The molecule has 50 heavy (non-hydrogen) atoms. The molecule has 0 saturated carbocycles. The fraction of sp³-hybridized carbons (Fsp3) is 0.500. The number of aliphatic carboxylic acids is 1. The molecule has 1 spiro atoms. The van der Waals surface area contributed by atoms with E-state index in [4.69, 9.17) is 28.3 Å². The number of hydrogen-bond donors (Lipinski definition) is 1. The number of aromatic nitrogens is 3. The molecule has 1 N–H and O–H groups in total. The Morgan fingerprint density at radius 1 is 1.18 bits per heavy atom. The summed E-state index contributed by atoms with van der Waals surface area (Å²) in [5.41, 5.74) is 1.73. The zero-order valence-corrected chi connectivity index (χ0v) is 27.5. The van der Waals surface area contributed by atoms with Crippen molar-refractivity contribution in [1.82, 2.24) is 15.0 Å². The number of pyridine rings is 1. The highest BCUT2D eigenvalue weighted by Gasteiger charge is 2.50. The van der Waals surface area contributed by atoms with Gasteiger partial charge in [0.2, 0.25) is 5.88 Å². The number of benzene rings is 1. The van der Waals surface area contributed by atoms with Gasteiger partial charge in [-0.05, 0) is 44.4 Å². The Hall–Kier alpha value is -4.58. The maximum atomic E-state index is 14.1. The predicted molar refractivity (Wildman–Crippen MR) is 178 cm³/mol. The third-order valence-electron chi connectivity index (χ3n) is 10.1. The number of ether oxygens (including phenoxy) is 4. The van der Waals surface area contributed by atoms with Crippen molar-refractivity contribution in [2.24, 2.45) is 0 Å². The number of carbonyl (C=O) groups is 1. The summed E-state index contributed by atoms with van der Waals surface area (Å²) < 4.78 is 58.3. The normalized spacial score (nSPS) is 24.8. The molecule has 7 heterocycles. The Balaban J connectivity index is 1.12. The minimum absolute atomic E-state index is 0.0190. The van der Waals surface area contributed by atoms with Crippen molar-refractivity contribution >= 4 is 39.5 Å². The van der Waals surface area contributed by atoms with Gasteiger partial charge in [0, 0.05) is 43.1 Å². The Bertz CT molecular complexity index is 1970. The van der Waals surface area contributed by atoms with Crippen LogP contribution >= 0.6 is 0 Å². The van der Waals surface area contributed by atoms with Gasteiger partial charge >= 0.3 is 5.97 Å². The summed E-state index contributed by atoms with van der Waals surface area (Å²) in [6.45, 7) is 4.88. The van der Waals surface area contributed by atoms with E-state index in [1.807, 2.05) is 6.07 Å². The molecule has 4 saturated heterocycles. The predicted octanol–water partition coefficient (Wildman–Crippen LogP) is 5.12. The summed E-state index contributed by atoms with van der Waals surface area (Å²) >= 11 is 0. The quantitative estimate of drug-likeness (QED) is 0.258. The van der Waals surface area contributed by atoms with E-state index in [9.17, 15) is 18.7 Å². The number of para-hydroxylation sites is 1. The van der Waals surface area contributed by atoms with Gasteiger partial charge in [-0.2, -0.15) is 0 Å². The van der Waals surface area contributed by atoms with E-state index >= 15 is 0 Å². The highest BCUT2D eigenvalue weighted by atomic mass is 19.3. The molecule has 4 aliphatic heterocycles. The summed E-state index contributed by atoms with van der Waals surface area (Å²) in [4.78, 5) is 29.2. The van der Waals surface area contributed by atoms with Gasteiger partial charge in [-0.1, -0.05) is 24.0 Å². The number of anilines is 2. The molecule has 1 aromatic carbocycles.